The van der Waals surface area contributed by atoms with Crippen LogP contribution in [-0.4, -0.2) is 36.2 Å². The van der Waals surface area contributed by atoms with Crippen LogP contribution in [0.4, 0.5) is 16.3 Å². The number of anilines is 2. The number of aromatic nitrogens is 1. The van der Waals surface area contributed by atoms with Crippen molar-refractivity contribution in [2.75, 3.05) is 23.4 Å². The van der Waals surface area contributed by atoms with Crippen LogP contribution in [0, 0.1) is 0 Å². The second-order valence-electron chi connectivity index (χ2n) is 6.83. The van der Waals surface area contributed by atoms with Crippen molar-refractivity contribution in [3.8, 4) is 17.2 Å². The lowest BCUT2D eigenvalue weighted by atomic mass is 10.2. The number of fused-ring (bicyclic) bond motifs is 1. The van der Waals surface area contributed by atoms with E-state index in [1.54, 1.807) is 36.5 Å². The van der Waals surface area contributed by atoms with Gasteiger partial charge in [0, 0.05) is 18.0 Å². The Bertz CT molecular complexity index is 830. The molecule has 0 saturated heterocycles. The van der Waals surface area contributed by atoms with Crippen LogP contribution in [0.2, 0.25) is 0 Å². The van der Waals surface area contributed by atoms with E-state index in [0.717, 1.165) is 0 Å². The summed E-state index contributed by atoms with van der Waals surface area (Å²) in [5.41, 5.74) is 0.0440. The van der Waals surface area contributed by atoms with Crippen molar-refractivity contribution in [3.63, 3.8) is 0 Å². The van der Waals surface area contributed by atoms with Crippen molar-refractivity contribution in [1.82, 2.24) is 4.98 Å². The summed E-state index contributed by atoms with van der Waals surface area (Å²) in [4.78, 5) is 28.7. The molecule has 0 bridgehead atoms. The highest BCUT2D eigenvalue weighted by atomic mass is 16.6. The Morgan fingerprint density at radius 3 is 2.67 bits per heavy atom. The van der Waals surface area contributed by atoms with Crippen molar-refractivity contribution in [3.05, 3.63) is 36.5 Å². The largest absolute Gasteiger partial charge is 0.484 e. The molecule has 1 aliphatic heterocycles. The zero-order chi connectivity index (χ0) is 19.4. The molecule has 142 valence electrons. The van der Waals surface area contributed by atoms with E-state index in [2.05, 4.69) is 10.3 Å². The van der Waals surface area contributed by atoms with Gasteiger partial charge in [-0.3, -0.25) is 9.69 Å². The minimum atomic E-state index is -0.610. The van der Waals surface area contributed by atoms with E-state index in [9.17, 15) is 9.59 Å². The predicted octanol–water partition coefficient (Wildman–Crippen LogP) is 3.58. The summed E-state index contributed by atoms with van der Waals surface area (Å²) in [5.74, 6) is 1.72. The molecule has 0 aliphatic carbocycles. The molecule has 1 aromatic heterocycles. The van der Waals surface area contributed by atoms with Crippen LogP contribution in [0.1, 0.15) is 20.8 Å². The Kier molecular flexibility index (Phi) is 5.16. The SMILES string of the molecule is CC(C)(C)OC(=O)N1CCOc2c(Oc3ccc(NC=O)cc3)ccnc21. The summed E-state index contributed by atoms with van der Waals surface area (Å²) in [6, 6.07) is 8.52. The van der Waals surface area contributed by atoms with Gasteiger partial charge < -0.3 is 19.5 Å². The molecule has 0 radical (unpaired) electrons. The lowest BCUT2D eigenvalue weighted by molar-refractivity contribution is -0.105. The average Bonchev–Trinajstić information content (AvgIpc) is 2.62. The molecule has 0 atom stereocenters. The quantitative estimate of drug-likeness (QED) is 0.826. The number of rotatable bonds is 4. The van der Waals surface area contributed by atoms with E-state index in [4.69, 9.17) is 14.2 Å². The van der Waals surface area contributed by atoms with Crippen LogP contribution < -0.4 is 19.7 Å². The minimum absolute atomic E-state index is 0.302. The van der Waals surface area contributed by atoms with Gasteiger partial charge in [-0.1, -0.05) is 0 Å². The number of ether oxygens (including phenoxy) is 3. The molecule has 2 heterocycles. The Hall–Kier alpha value is -3.29. The molecule has 1 N–H and O–H groups in total. The summed E-state index contributed by atoms with van der Waals surface area (Å²) in [6.07, 6.45) is 1.66. The third-order valence-electron chi connectivity index (χ3n) is 3.59. The van der Waals surface area contributed by atoms with E-state index in [1.165, 1.54) is 4.90 Å². The third-order valence-corrected chi connectivity index (χ3v) is 3.59. The molecular weight excluding hydrogens is 350 g/mol. The van der Waals surface area contributed by atoms with Crippen molar-refractivity contribution in [1.29, 1.82) is 0 Å². The Labute approximate surface area is 157 Å². The number of benzene rings is 1. The van der Waals surface area contributed by atoms with E-state index in [-0.39, 0.29) is 0 Å². The van der Waals surface area contributed by atoms with Gasteiger partial charge in [0.25, 0.3) is 0 Å². The highest BCUT2D eigenvalue weighted by Gasteiger charge is 2.31. The van der Waals surface area contributed by atoms with Crippen LogP contribution in [0.5, 0.6) is 17.2 Å². The van der Waals surface area contributed by atoms with E-state index < -0.39 is 11.7 Å². The lowest BCUT2D eigenvalue weighted by Gasteiger charge is -2.31. The van der Waals surface area contributed by atoms with Gasteiger partial charge in [-0.2, -0.15) is 0 Å². The molecule has 0 spiro atoms. The molecule has 2 amide bonds. The summed E-state index contributed by atoms with van der Waals surface area (Å²) in [7, 11) is 0. The number of hydrogen-bond acceptors (Lipinski definition) is 6. The van der Waals surface area contributed by atoms with Crippen LogP contribution in [-0.2, 0) is 9.53 Å². The van der Waals surface area contributed by atoms with Crippen molar-refractivity contribution < 1.29 is 23.8 Å². The fourth-order valence-electron chi connectivity index (χ4n) is 2.48. The molecule has 8 nitrogen and oxygen atoms in total. The lowest BCUT2D eigenvalue weighted by Crippen LogP contribution is -2.42. The zero-order valence-corrected chi connectivity index (χ0v) is 15.4. The number of amides is 2. The maximum Gasteiger partial charge on any atom is 0.416 e. The average molecular weight is 371 g/mol. The number of nitrogens with one attached hydrogen (secondary N) is 1. The first-order chi connectivity index (χ1) is 12.9. The van der Waals surface area contributed by atoms with Crippen LogP contribution >= 0.6 is 0 Å². The fraction of sp³-hybridized carbons (Fsp3) is 0.316. The number of nitrogens with zero attached hydrogens (tertiary/aromatic N) is 2. The summed E-state index contributed by atoms with van der Waals surface area (Å²) >= 11 is 0. The molecule has 1 aliphatic rings. The number of carbonyl (C=O) groups is 2. The Morgan fingerprint density at radius 2 is 2.00 bits per heavy atom. The topological polar surface area (TPSA) is 90.0 Å². The number of carbonyl (C=O) groups excluding carboxylic acids is 2. The fourth-order valence-corrected chi connectivity index (χ4v) is 2.48. The Balaban J connectivity index is 1.84. The van der Waals surface area contributed by atoms with Gasteiger partial charge in [0.2, 0.25) is 12.2 Å². The third kappa shape index (κ3) is 4.46. The van der Waals surface area contributed by atoms with Gasteiger partial charge in [-0.15, -0.1) is 0 Å². The smallest absolute Gasteiger partial charge is 0.416 e. The van der Waals surface area contributed by atoms with Crippen molar-refractivity contribution in [2.45, 2.75) is 26.4 Å². The monoisotopic (exact) mass is 371 g/mol. The van der Waals surface area contributed by atoms with Gasteiger partial charge in [0.1, 0.15) is 18.0 Å². The first-order valence-electron chi connectivity index (χ1n) is 8.48. The molecule has 27 heavy (non-hydrogen) atoms. The van der Waals surface area contributed by atoms with Crippen LogP contribution in [0.25, 0.3) is 0 Å². The number of hydrogen-bond donors (Lipinski definition) is 1. The standard InChI is InChI=1S/C19H21N3O5/c1-19(2,3)27-18(24)22-10-11-25-16-15(8-9-20-17(16)22)26-14-6-4-13(5-7-14)21-12-23/h4-9,12H,10-11H2,1-3H3,(H,21,23). The Morgan fingerprint density at radius 1 is 1.26 bits per heavy atom. The second-order valence-corrected chi connectivity index (χ2v) is 6.83. The molecule has 0 saturated carbocycles. The molecule has 0 fully saturated rings. The highest BCUT2D eigenvalue weighted by molar-refractivity contribution is 5.89. The van der Waals surface area contributed by atoms with E-state index >= 15 is 0 Å². The maximum atomic E-state index is 12.5. The molecule has 0 unspecified atom stereocenters. The van der Waals surface area contributed by atoms with Crippen LogP contribution in [0.3, 0.4) is 0 Å². The molecular formula is C19H21N3O5. The maximum absolute atomic E-state index is 12.5. The summed E-state index contributed by atoms with van der Waals surface area (Å²) in [5, 5.41) is 2.56. The highest BCUT2D eigenvalue weighted by Crippen LogP contribution is 2.40. The van der Waals surface area contributed by atoms with E-state index in [1.807, 2.05) is 20.8 Å². The van der Waals surface area contributed by atoms with Crippen molar-refractivity contribution in [2.24, 2.45) is 0 Å². The van der Waals surface area contributed by atoms with Crippen LogP contribution in [0.15, 0.2) is 36.5 Å². The normalized spacial score (nSPS) is 13.2. The second kappa shape index (κ2) is 7.53. The summed E-state index contributed by atoms with van der Waals surface area (Å²) < 4.78 is 17.0. The van der Waals surface area contributed by atoms with Gasteiger partial charge in [0.15, 0.2) is 11.6 Å². The van der Waals surface area contributed by atoms with Gasteiger partial charge in [-0.05, 0) is 45.0 Å². The first-order valence-corrected chi connectivity index (χ1v) is 8.48. The first kappa shape index (κ1) is 18.5. The zero-order valence-electron chi connectivity index (χ0n) is 15.4. The molecule has 3 rings (SSSR count). The van der Waals surface area contributed by atoms with E-state index in [0.29, 0.717) is 48.3 Å². The van der Waals surface area contributed by atoms with Gasteiger partial charge in [-0.25, -0.2) is 9.78 Å². The molecule has 1 aromatic carbocycles. The minimum Gasteiger partial charge on any atom is -0.484 e. The molecule has 2 aromatic rings. The van der Waals surface area contributed by atoms with Crippen molar-refractivity contribution >= 4 is 24.0 Å². The molecule has 8 heteroatoms. The predicted molar refractivity (Wildman–Crippen MR) is 99.5 cm³/mol. The summed E-state index contributed by atoms with van der Waals surface area (Å²) in [6.45, 7) is 6.06. The number of pyridine rings is 1. The van der Waals surface area contributed by atoms with Gasteiger partial charge >= 0.3 is 6.09 Å². The van der Waals surface area contributed by atoms with Gasteiger partial charge in [0.05, 0.1) is 6.54 Å².